The number of hydrogen-bond acceptors (Lipinski definition) is 2. The maximum Gasteiger partial charge on any atom is 0.425 e. The molecule has 0 radical (unpaired) electrons. The molecule has 0 aliphatic rings. The zero-order valence-electron chi connectivity index (χ0n) is 8.92. The predicted octanol–water partition coefficient (Wildman–Crippen LogP) is 2.52. The maximum atomic E-state index is 12.2. The Morgan fingerprint density at radius 1 is 1.25 bits per heavy atom. The Balaban J connectivity index is 2.62. The van der Waals surface area contributed by atoms with E-state index < -0.39 is 12.3 Å². The van der Waals surface area contributed by atoms with E-state index in [0.29, 0.717) is 13.0 Å². The van der Waals surface area contributed by atoms with Gasteiger partial charge in [-0.15, -0.1) is 0 Å². The van der Waals surface area contributed by atoms with Gasteiger partial charge in [-0.2, -0.15) is 13.2 Å². The monoisotopic (exact) mass is 233 g/mol. The van der Waals surface area contributed by atoms with Crippen molar-refractivity contribution in [2.24, 2.45) is 5.73 Å². The first-order valence-electron chi connectivity index (χ1n) is 4.96. The van der Waals surface area contributed by atoms with Crippen LogP contribution in [0.15, 0.2) is 24.3 Å². The zero-order valence-corrected chi connectivity index (χ0v) is 8.92. The van der Waals surface area contributed by atoms with E-state index in [1.807, 2.05) is 0 Å². The minimum Gasteiger partial charge on any atom is -0.481 e. The minimum atomic E-state index is -4.34. The van der Waals surface area contributed by atoms with Crippen molar-refractivity contribution in [3.8, 4) is 5.75 Å². The third kappa shape index (κ3) is 3.73. The van der Waals surface area contributed by atoms with Crippen molar-refractivity contribution in [2.75, 3.05) is 6.54 Å². The van der Waals surface area contributed by atoms with Crippen LogP contribution in [0, 0.1) is 0 Å². The summed E-state index contributed by atoms with van der Waals surface area (Å²) in [6.45, 7) is 1.49. The fourth-order valence-corrected chi connectivity index (χ4v) is 1.17. The highest BCUT2D eigenvalue weighted by atomic mass is 19.4. The van der Waals surface area contributed by atoms with Crippen molar-refractivity contribution >= 4 is 0 Å². The van der Waals surface area contributed by atoms with Crippen LogP contribution < -0.4 is 10.5 Å². The molecule has 0 aliphatic heterocycles. The summed E-state index contributed by atoms with van der Waals surface area (Å²) >= 11 is 0. The van der Waals surface area contributed by atoms with Gasteiger partial charge in [-0.1, -0.05) is 12.1 Å². The minimum absolute atomic E-state index is 0.214. The molecular formula is C11H14F3NO. The molecule has 0 heterocycles. The van der Waals surface area contributed by atoms with E-state index in [1.165, 1.54) is 12.1 Å². The summed E-state index contributed by atoms with van der Waals surface area (Å²) in [5.41, 5.74) is 6.34. The van der Waals surface area contributed by atoms with Crippen molar-refractivity contribution in [2.45, 2.75) is 25.6 Å². The number of alkyl halides is 3. The molecule has 0 saturated heterocycles. The molecule has 1 aromatic carbocycles. The van der Waals surface area contributed by atoms with Crippen molar-refractivity contribution in [3.05, 3.63) is 29.8 Å². The molecule has 0 fully saturated rings. The van der Waals surface area contributed by atoms with Gasteiger partial charge in [-0.25, -0.2) is 0 Å². The summed E-state index contributed by atoms with van der Waals surface area (Å²) in [4.78, 5) is 0. The zero-order chi connectivity index (χ0) is 12.2. The fraction of sp³-hybridized carbons (Fsp3) is 0.455. The Hall–Kier alpha value is -1.23. The number of halogens is 3. The molecule has 0 aliphatic carbocycles. The second-order valence-corrected chi connectivity index (χ2v) is 3.48. The number of nitrogens with two attached hydrogens (primary N) is 1. The molecule has 1 rings (SSSR count). The summed E-state index contributed by atoms with van der Waals surface area (Å²) in [5.74, 6) is 0.214. The molecule has 0 amide bonds. The van der Waals surface area contributed by atoms with Gasteiger partial charge in [0.1, 0.15) is 5.75 Å². The Labute approximate surface area is 92.2 Å². The highest BCUT2D eigenvalue weighted by Gasteiger charge is 2.37. The largest absolute Gasteiger partial charge is 0.481 e. The normalized spacial score (nSPS) is 13.6. The molecule has 16 heavy (non-hydrogen) atoms. The quantitative estimate of drug-likeness (QED) is 0.867. The third-order valence-corrected chi connectivity index (χ3v) is 2.13. The van der Waals surface area contributed by atoms with Gasteiger partial charge in [0, 0.05) is 0 Å². The van der Waals surface area contributed by atoms with Crippen LogP contribution in [-0.2, 0) is 6.42 Å². The molecular weight excluding hydrogens is 219 g/mol. The number of benzene rings is 1. The number of rotatable bonds is 4. The van der Waals surface area contributed by atoms with Crippen LogP contribution in [0.2, 0.25) is 0 Å². The van der Waals surface area contributed by atoms with Crippen molar-refractivity contribution in [3.63, 3.8) is 0 Å². The van der Waals surface area contributed by atoms with Gasteiger partial charge in [0.05, 0.1) is 0 Å². The molecule has 0 spiro atoms. The summed E-state index contributed by atoms with van der Waals surface area (Å²) < 4.78 is 41.3. The second-order valence-electron chi connectivity index (χ2n) is 3.48. The van der Waals surface area contributed by atoms with Gasteiger partial charge in [-0.3, -0.25) is 0 Å². The van der Waals surface area contributed by atoms with Gasteiger partial charge in [0.2, 0.25) is 0 Å². The predicted molar refractivity (Wildman–Crippen MR) is 55.3 cm³/mol. The van der Waals surface area contributed by atoms with E-state index in [9.17, 15) is 13.2 Å². The van der Waals surface area contributed by atoms with Crippen molar-refractivity contribution in [1.29, 1.82) is 0 Å². The lowest BCUT2D eigenvalue weighted by Crippen LogP contribution is -2.31. The van der Waals surface area contributed by atoms with E-state index in [4.69, 9.17) is 10.5 Å². The van der Waals surface area contributed by atoms with E-state index in [-0.39, 0.29) is 5.75 Å². The van der Waals surface area contributed by atoms with Crippen LogP contribution >= 0.6 is 0 Å². The Morgan fingerprint density at radius 2 is 1.81 bits per heavy atom. The van der Waals surface area contributed by atoms with Crippen LogP contribution in [0.3, 0.4) is 0 Å². The SMILES string of the molecule is CC(Oc1ccc(CCN)cc1)C(F)(F)F. The molecule has 1 atom stereocenters. The average Bonchev–Trinajstić information content (AvgIpc) is 2.20. The smallest absolute Gasteiger partial charge is 0.425 e. The Kier molecular flexibility index (Phi) is 4.18. The molecule has 2 N–H and O–H groups in total. The Morgan fingerprint density at radius 3 is 2.25 bits per heavy atom. The lowest BCUT2D eigenvalue weighted by atomic mass is 10.1. The third-order valence-electron chi connectivity index (χ3n) is 2.13. The summed E-state index contributed by atoms with van der Waals surface area (Å²) in [6.07, 6.45) is -5.43. The van der Waals surface area contributed by atoms with Crippen LogP contribution in [-0.4, -0.2) is 18.8 Å². The van der Waals surface area contributed by atoms with Gasteiger partial charge in [0.25, 0.3) is 0 Å². The highest BCUT2D eigenvalue weighted by Crippen LogP contribution is 2.24. The first-order valence-corrected chi connectivity index (χ1v) is 4.96. The van der Waals surface area contributed by atoms with Gasteiger partial charge >= 0.3 is 6.18 Å². The van der Waals surface area contributed by atoms with E-state index >= 15 is 0 Å². The van der Waals surface area contributed by atoms with Gasteiger partial charge in [0.15, 0.2) is 6.10 Å². The first-order chi connectivity index (χ1) is 7.43. The molecule has 1 aromatic rings. The highest BCUT2D eigenvalue weighted by molar-refractivity contribution is 5.27. The average molecular weight is 233 g/mol. The molecule has 0 aromatic heterocycles. The van der Waals surface area contributed by atoms with E-state index in [2.05, 4.69) is 0 Å². The fourth-order valence-electron chi connectivity index (χ4n) is 1.17. The first kappa shape index (κ1) is 12.8. The number of ether oxygens (including phenoxy) is 1. The molecule has 1 unspecified atom stereocenters. The lowest BCUT2D eigenvalue weighted by molar-refractivity contribution is -0.189. The molecule has 2 nitrogen and oxygen atoms in total. The standard InChI is InChI=1S/C11H14F3NO/c1-8(11(12,13)14)16-10-4-2-9(3-5-10)6-7-15/h2-5,8H,6-7,15H2,1H3. The van der Waals surface area contributed by atoms with Crippen LogP contribution in [0.25, 0.3) is 0 Å². The van der Waals surface area contributed by atoms with Gasteiger partial charge < -0.3 is 10.5 Å². The summed E-state index contributed by atoms with van der Waals surface area (Å²) in [5, 5.41) is 0. The molecule has 90 valence electrons. The van der Waals surface area contributed by atoms with Crippen molar-refractivity contribution < 1.29 is 17.9 Å². The van der Waals surface area contributed by atoms with Crippen LogP contribution in [0.1, 0.15) is 12.5 Å². The molecule has 0 bridgehead atoms. The van der Waals surface area contributed by atoms with E-state index in [1.54, 1.807) is 12.1 Å². The summed E-state index contributed by atoms with van der Waals surface area (Å²) in [7, 11) is 0. The topological polar surface area (TPSA) is 35.2 Å². The van der Waals surface area contributed by atoms with Crippen LogP contribution in [0.4, 0.5) is 13.2 Å². The molecule has 0 saturated carbocycles. The van der Waals surface area contributed by atoms with E-state index in [0.717, 1.165) is 12.5 Å². The Bertz CT molecular complexity index is 321. The van der Waals surface area contributed by atoms with Crippen molar-refractivity contribution in [1.82, 2.24) is 0 Å². The number of hydrogen-bond donors (Lipinski definition) is 1. The second kappa shape index (κ2) is 5.21. The maximum absolute atomic E-state index is 12.2. The lowest BCUT2D eigenvalue weighted by Gasteiger charge is -2.17. The molecule has 5 heteroatoms. The summed E-state index contributed by atoms with van der Waals surface area (Å²) in [6, 6.07) is 6.47. The van der Waals surface area contributed by atoms with Gasteiger partial charge in [-0.05, 0) is 37.6 Å². The van der Waals surface area contributed by atoms with Crippen LogP contribution in [0.5, 0.6) is 5.75 Å².